The first kappa shape index (κ1) is 25.1. The van der Waals surface area contributed by atoms with Crippen LogP contribution in [0.2, 0.25) is 0 Å². The number of likely N-dealkylation sites (tertiary alicyclic amines) is 1. The van der Waals surface area contributed by atoms with Crippen molar-refractivity contribution in [3.63, 3.8) is 0 Å². The smallest absolute Gasteiger partial charge is 0.417 e. The summed E-state index contributed by atoms with van der Waals surface area (Å²) in [7, 11) is 1.29. The van der Waals surface area contributed by atoms with Crippen LogP contribution < -0.4 is 5.69 Å². The Kier molecular flexibility index (Phi) is 6.17. The van der Waals surface area contributed by atoms with Gasteiger partial charge in [0.25, 0.3) is 0 Å². The summed E-state index contributed by atoms with van der Waals surface area (Å²) < 4.78 is 47.6. The molecule has 196 valence electrons. The third kappa shape index (κ3) is 4.38. The van der Waals surface area contributed by atoms with Gasteiger partial charge in [0, 0.05) is 19.3 Å². The number of alkyl halides is 3. The molecule has 1 unspecified atom stereocenters. The second-order valence-corrected chi connectivity index (χ2v) is 8.84. The zero-order valence-corrected chi connectivity index (χ0v) is 20.0. The number of imidazole rings is 1. The van der Waals surface area contributed by atoms with E-state index in [2.05, 4.69) is 4.98 Å². The summed E-state index contributed by atoms with van der Waals surface area (Å²) >= 11 is 0. The molecular formula is C26H21F3N4O5. The number of carbonyl (C=O) groups is 2. The predicted molar refractivity (Wildman–Crippen MR) is 130 cm³/mol. The molecule has 1 saturated heterocycles. The van der Waals surface area contributed by atoms with E-state index >= 15 is 0 Å². The Balaban J connectivity index is 1.59. The summed E-state index contributed by atoms with van der Waals surface area (Å²) in [6.45, 7) is 0.223. The minimum Gasteiger partial charge on any atom is -0.465 e. The average Bonchev–Trinajstić information content (AvgIpc) is 3.50. The van der Waals surface area contributed by atoms with Gasteiger partial charge in [-0.2, -0.15) is 13.2 Å². The molecule has 3 heterocycles. The summed E-state index contributed by atoms with van der Waals surface area (Å²) in [5.74, 6) is -0.469. The van der Waals surface area contributed by atoms with E-state index < -0.39 is 35.5 Å². The van der Waals surface area contributed by atoms with Crippen LogP contribution in [0.15, 0.2) is 65.6 Å². The van der Waals surface area contributed by atoms with E-state index in [-0.39, 0.29) is 24.3 Å². The molecule has 0 bridgehead atoms. The summed E-state index contributed by atoms with van der Waals surface area (Å²) in [6, 6.07) is 13.6. The molecule has 0 radical (unpaired) electrons. The second-order valence-electron chi connectivity index (χ2n) is 8.84. The number of nitrogens with zero attached hydrogens (tertiary/aromatic N) is 4. The minimum absolute atomic E-state index is 0.0254. The van der Waals surface area contributed by atoms with Gasteiger partial charge in [0.1, 0.15) is 0 Å². The van der Waals surface area contributed by atoms with Gasteiger partial charge in [-0.05, 0) is 47.9 Å². The summed E-state index contributed by atoms with van der Waals surface area (Å²) in [4.78, 5) is 41.8. The van der Waals surface area contributed by atoms with Gasteiger partial charge in [-0.15, -0.1) is 0 Å². The Labute approximate surface area is 213 Å². The lowest BCUT2D eigenvalue weighted by molar-refractivity contribution is -0.137. The largest absolute Gasteiger partial charge is 0.465 e. The zero-order chi connectivity index (χ0) is 27.2. The van der Waals surface area contributed by atoms with Crippen molar-refractivity contribution >= 4 is 23.2 Å². The topological polar surface area (TPSA) is 107 Å². The Morgan fingerprint density at radius 3 is 2.24 bits per heavy atom. The van der Waals surface area contributed by atoms with Crippen molar-refractivity contribution in [1.29, 1.82) is 0 Å². The molecule has 1 aliphatic rings. The van der Waals surface area contributed by atoms with E-state index in [1.54, 1.807) is 48.5 Å². The van der Waals surface area contributed by atoms with Crippen LogP contribution in [-0.2, 0) is 10.9 Å². The first-order valence-corrected chi connectivity index (χ1v) is 11.6. The van der Waals surface area contributed by atoms with Gasteiger partial charge in [0.15, 0.2) is 5.65 Å². The van der Waals surface area contributed by atoms with Gasteiger partial charge in [0.05, 0.1) is 35.5 Å². The maximum Gasteiger partial charge on any atom is 0.417 e. The van der Waals surface area contributed by atoms with Gasteiger partial charge in [-0.3, -0.25) is 9.13 Å². The number of hydrogen-bond acceptors (Lipinski definition) is 5. The van der Waals surface area contributed by atoms with Crippen LogP contribution in [0.25, 0.3) is 28.0 Å². The quantitative estimate of drug-likeness (QED) is 0.390. The van der Waals surface area contributed by atoms with E-state index in [1.807, 2.05) is 0 Å². The molecule has 1 fully saturated rings. The highest BCUT2D eigenvalue weighted by Crippen LogP contribution is 2.33. The predicted octanol–water partition coefficient (Wildman–Crippen LogP) is 4.58. The zero-order valence-electron chi connectivity index (χ0n) is 20.0. The van der Waals surface area contributed by atoms with Crippen LogP contribution in [0.1, 0.15) is 28.4 Å². The first-order chi connectivity index (χ1) is 18.1. The van der Waals surface area contributed by atoms with E-state index in [0.29, 0.717) is 23.9 Å². The molecule has 1 aliphatic heterocycles. The van der Waals surface area contributed by atoms with Gasteiger partial charge in [0.2, 0.25) is 0 Å². The number of halogens is 3. The molecular weight excluding hydrogens is 505 g/mol. The number of fused-ring (bicyclic) bond motifs is 1. The third-order valence-electron chi connectivity index (χ3n) is 6.60. The van der Waals surface area contributed by atoms with Crippen LogP contribution in [0.4, 0.5) is 18.0 Å². The molecule has 1 amide bonds. The van der Waals surface area contributed by atoms with Crippen molar-refractivity contribution in [3.05, 3.63) is 82.4 Å². The fourth-order valence-electron chi connectivity index (χ4n) is 4.68. The molecule has 12 heteroatoms. The molecule has 4 aromatic rings. The Hall–Kier alpha value is -4.61. The SMILES string of the molecule is COC(=O)c1ccc(-c2ccc(-n3c(=O)n(C4CCN(C(=O)O)C4)c4ncc(C(F)(F)F)cc43)cc2)cc1. The highest BCUT2D eigenvalue weighted by molar-refractivity contribution is 5.90. The fourth-order valence-corrected chi connectivity index (χ4v) is 4.68. The summed E-state index contributed by atoms with van der Waals surface area (Å²) in [5.41, 5.74) is 0.632. The molecule has 5 rings (SSSR count). The fraction of sp³-hybridized carbons (Fsp3) is 0.231. The Bertz CT molecular complexity index is 1590. The second kappa shape index (κ2) is 9.36. The maximum atomic E-state index is 13.6. The Morgan fingerprint density at radius 2 is 1.68 bits per heavy atom. The standard InChI is InChI=1S/C26H21F3N4O5/c1-38-23(34)17-4-2-15(3-5-17)16-6-8-19(9-7-16)32-21-12-18(26(27,28)29)13-30-22(21)33(24(32)35)20-10-11-31(14-20)25(36)37/h2-9,12-13,20H,10-11,14H2,1H3,(H,36,37). The lowest BCUT2D eigenvalue weighted by atomic mass is 10.0. The van der Waals surface area contributed by atoms with E-state index in [1.165, 1.54) is 11.7 Å². The number of esters is 1. The number of carboxylic acid groups (broad SMARTS) is 1. The Morgan fingerprint density at radius 1 is 1.05 bits per heavy atom. The van der Waals surface area contributed by atoms with E-state index in [9.17, 15) is 32.7 Å². The van der Waals surface area contributed by atoms with Gasteiger partial charge < -0.3 is 14.7 Å². The van der Waals surface area contributed by atoms with Crippen molar-refractivity contribution in [2.75, 3.05) is 20.2 Å². The number of pyridine rings is 1. The number of methoxy groups -OCH3 is 1. The van der Waals surface area contributed by atoms with Crippen molar-refractivity contribution in [2.45, 2.75) is 18.6 Å². The number of aromatic nitrogens is 3. The molecule has 0 aliphatic carbocycles. The van der Waals surface area contributed by atoms with Crippen molar-refractivity contribution in [1.82, 2.24) is 19.0 Å². The minimum atomic E-state index is -4.67. The number of amides is 1. The van der Waals surface area contributed by atoms with Crippen LogP contribution >= 0.6 is 0 Å². The number of hydrogen-bond donors (Lipinski definition) is 1. The summed E-state index contributed by atoms with van der Waals surface area (Å²) in [6.07, 6.45) is -4.80. The monoisotopic (exact) mass is 526 g/mol. The van der Waals surface area contributed by atoms with Crippen LogP contribution in [-0.4, -0.2) is 56.4 Å². The number of carbonyl (C=O) groups excluding carboxylic acids is 1. The number of rotatable bonds is 4. The van der Waals surface area contributed by atoms with Crippen molar-refractivity contribution in [2.24, 2.45) is 0 Å². The number of benzene rings is 2. The molecule has 0 saturated carbocycles. The van der Waals surface area contributed by atoms with Crippen LogP contribution in [0.5, 0.6) is 0 Å². The highest BCUT2D eigenvalue weighted by atomic mass is 19.4. The average molecular weight is 526 g/mol. The lowest BCUT2D eigenvalue weighted by Crippen LogP contribution is -2.31. The van der Waals surface area contributed by atoms with Crippen molar-refractivity contribution < 1.29 is 32.6 Å². The van der Waals surface area contributed by atoms with Crippen LogP contribution in [0.3, 0.4) is 0 Å². The molecule has 2 aromatic carbocycles. The lowest BCUT2D eigenvalue weighted by Gasteiger charge is -2.13. The molecule has 1 atom stereocenters. The van der Waals surface area contributed by atoms with Gasteiger partial charge in [-0.25, -0.2) is 19.4 Å². The number of ether oxygens (including phenoxy) is 1. The molecule has 1 N–H and O–H groups in total. The molecule has 0 spiro atoms. The van der Waals surface area contributed by atoms with E-state index in [0.717, 1.165) is 26.7 Å². The molecule has 9 nitrogen and oxygen atoms in total. The van der Waals surface area contributed by atoms with E-state index in [4.69, 9.17) is 4.74 Å². The summed E-state index contributed by atoms with van der Waals surface area (Å²) in [5, 5.41) is 9.31. The van der Waals surface area contributed by atoms with Gasteiger partial charge >= 0.3 is 23.9 Å². The highest BCUT2D eigenvalue weighted by Gasteiger charge is 2.34. The molecule has 38 heavy (non-hydrogen) atoms. The van der Waals surface area contributed by atoms with Gasteiger partial charge in [-0.1, -0.05) is 24.3 Å². The first-order valence-electron chi connectivity index (χ1n) is 11.6. The molecule has 2 aromatic heterocycles. The van der Waals surface area contributed by atoms with Crippen LogP contribution in [0, 0.1) is 0 Å². The normalized spacial score (nSPS) is 15.7. The third-order valence-corrected chi connectivity index (χ3v) is 6.60. The maximum absolute atomic E-state index is 13.6. The van der Waals surface area contributed by atoms with Crippen molar-refractivity contribution in [3.8, 4) is 16.8 Å².